The number of nitrogens with zero attached hydrogens (tertiary/aromatic N) is 1. The summed E-state index contributed by atoms with van der Waals surface area (Å²) in [5.41, 5.74) is 0. The number of hydrogen-bond donors (Lipinski definition) is 11. The van der Waals surface area contributed by atoms with E-state index >= 15 is 0 Å². The molecule has 0 aliphatic carbocycles. The van der Waals surface area contributed by atoms with E-state index < -0.39 is 74.1 Å². The Morgan fingerprint density at radius 2 is 1.23 bits per heavy atom. The molecule has 14 nitrogen and oxygen atoms in total. The van der Waals surface area contributed by atoms with Gasteiger partial charge in [-0.05, 0) is 25.9 Å². The molecular formula is C21H44N2O12. The van der Waals surface area contributed by atoms with Gasteiger partial charge in [-0.15, -0.1) is 0 Å². The van der Waals surface area contributed by atoms with Crippen LogP contribution in [0.2, 0.25) is 0 Å². The van der Waals surface area contributed by atoms with Crippen molar-refractivity contribution in [1.29, 1.82) is 0 Å². The Balaban J connectivity index is 5.22. The first kappa shape index (κ1) is 34.0. The largest absolute Gasteiger partial charge is 0.468 e. The van der Waals surface area contributed by atoms with Crippen molar-refractivity contribution in [3.8, 4) is 0 Å². The fourth-order valence-electron chi connectivity index (χ4n) is 3.44. The number of esters is 1. The van der Waals surface area contributed by atoms with E-state index in [2.05, 4.69) is 5.32 Å². The predicted octanol–water partition coefficient (Wildman–Crippen LogP) is -5.52. The number of aliphatic hydroxyl groups is 10. The van der Waals surface area contributed by atoms with E-state index in [0.29, 0.717) is 19.4 Å². The molecule has 0 bridgehead atoms. The van der Waals surface area contributed by atoms with Crippen LogP contribution in [-0.4, -0.2) is 163 Å². The van der Waals surface area contributed by atoms with Crippen LogP contribution in [-0.2, 0) is 9.53 Å². The molecule has 14 heteroatoms. The zero-order chi connectivity index (χ0) is 27.1. The van der Waals surface area contributed by atoms with Crippen LogP contribution in [0.4, 0.5) is 0 Å². The van der Waals surface area contributed by atoms with Gasteiger partial charge >= 0.3 is 5.97 Å². The first-order chi connectivity index (χ1) is 16.4. The number of rotatable bonds is 20. The SMILES string of the molecule is CCC[C@H](NCCCN(C[C@H](O)[C@@H](O)[C@H](O)[C@H](O)CO)C[C@H](O)[C@@H](O)[C@H](O)[C@H](O)CO)C(=O)OC. The molecule has 0 heterocycles. The van der Waals surface area contributed by atoms with E-state index in [0.717, 1.165) is 6.42 Å². The van der Waals surface area contributed by atoms with Gasteiger partial charge in [-0.3, -0.25) is 9.69 Å². The van der Waals surface area contributed by atoms with Gasteiger partial charge < -0.3 is 61.1 Å². The summed E-state index contributed by atoms with van der Waals surface area (Å²) in [6.45, 7) is -0.0283. The van der Waals surface area contributed by atoms with Gasteiger partial charge in [0.2, 0.25) is 0 Å². The summed E-state index contributed by atoms with van der Waals surface area (Å²) >= 11 is 0. The van der Waals surface area contributed by atoms with Crippen LogP contribution in [0.1, 0.15) is 26.2 Å². The second kappa shape index (κ2) is 18.3. The summed E-state index contributed by atoms with van der Waals surface area (Å²) < 4.78 is 4.75. The van der Waals surface area contributed by atoms with Crippen LogP contribution >= 0.6 is 0 Å². The van der Waals surface area contributed by atoms with Crippen LogP contribution < -0.4 is 5.32 Å². The summed E-state index contributed by atoms with van der Waals surface area (Å²) in [5.74, 6) is -0.423. The molecule has 0 saturated heterocycles. The first-order valence-electron chi connectivity index (χ1n) is 11.6. The van der Waals surface area contributed by atoms with Crippen LogP contribution in [0.25, 0.3) is 0 Å². The van der Waals surface area contributed by atoms with Crippen molar-refractivity contribution in [1.82, 2.24) is 10.2 Å². The van der Waals surface area contributed by atoms with Gasteiger partial charge in [0, 0.05) is 13.1 Å². The minimum Gasteiger partial charge on any atom is -0.468 e. The van der Waals surface area contributed by atoms with Gasteiger partial charge in [0.25, 0.3) is 0 Å². The molecule has 35 heavy (non-hydrogen) atoms. The molecule has 0 aromatic heterocycles. The van der Waals surface area contributed by atoms with Crippen molar-refractivity contribution in [3.63, 3.8) is 0 Å². The Morgan fingerprint density at radius 3 is 1.60 bits per heavy atom. The molecular weight excluding hydrogens is 472 g/mol. The normalized spacial score (nSPS) is 19.9. The molecule has 11 N–H and O–H groups in total. The van der Waals surface area contributed by atoms with E-state index in [4.69, 9.17) is 14.9 Å². The van der Waals surface area contributed by atoms with Gasteiger partial charge in [-0.2, -0.15) is 0 Å². The smallest absolute Gasteiger partial charge is 0.322 e. The monoisotopic (exact) mass is 516 g/mol. The molecule has 0 radical (unpaired) electrons. The summed E-state index contributed by atoms with van der Waals surface area (Å²) in [6, 6.07) is -0.525. The van der Waals surface area contributed by atoms with Crippen molar-refractivity contribution in [3.05, 3.63) is 0 Å². The third-order valence-corrected chi connectivity index (χ3v) is 5.65. The molecule has 0 amide bonds. The van der Waals surface area contributed by atoms with Gasteiger partial charge in [0.15, 0.2) is 0 Å². The molecule has 0 aromatic carbocycles. The average molecular weight is 517 g/mol. The predicted molar refractivity (Wildman–Crippen MR) is 122 cm³/mol. The lowest BCUT2D eigenvalue weighted by atomic mass is 10.0. The molecule has 210 valence electrons. The molecule has 0 unspecified atom stereocenters. The molecule has 0 aliphatic heterocycles. The molecule has 0 saturated carbocycles. The van der Waals surface area contributed by atoms with Crippen LogP contribution in [0.3, 0.4) is 0 Å². The lowest BCUT2D eigenvalue weighted by molar-refractivity contribution is -0.143. The highest BCUT2D eigenvalue weighted by Gasteiger charge is 2.34. The number of carbonyl (C=O) groups excluding carboxylic acids is 1. The number of aliphatic hydroxyl groups excluding tert-OH is 10. The van der Waals surface area contributed by atoms with E-state index in [1.165, 1.54) is 12.0 Å². The van der Waals surface area contributed by atoms with Crippen molar-refractivity contribution < 1.29 is 60.6 Å². The minimum atomic E-state index is -1.86. The maximum atomic E-state index is 11.8. The Hall–Kier alpha value is -1.01. The van der Waals surface area contributed by atoms with E-state index in [1.54, 1.807) is 0 Å². The van der Waals surface area contributed by atoms with E-state index in [1.807, 2.05) is 6.92 Å². The number of ether oxygens (including phenoxy) is 1. The Morgan fingerprint density at radius 1 is 0.800 bits per heavy atom. The average Bonchev–Trinajstić information content (AvgIpc) is 2.86. The van der Waals surface area contributed by atoms with Gasteiger partial charge in [-0.1, -0.05) is 13.3 Å². The fourth-order valence-corrected chi connectivity index (χ4v) is 3.44. The van der Waals surface area contributed by atoms with E-state index in [-0.39, 0.29) is 19.6 Å². The molecule has 0 spiro atoms. The van der Waals surface area contributed by atoms with Gasteiger partial charge in [-0.25, -0.2) is 0 Å². The third-order valence-electron chi connectivity index (χ3n) is 5.65. The summed E-state index contributed by atoms with van der Waals surface area (Å²) in [4.78, 5) is 13.2. The maximum absolute atomic E-state index is 11.8. The maximum Gasteiger partial charge on any atom is 0.322 e. The molecule has 0 aliphatic rings. The lowest BCUT2D eigenvalue weighted by Gasteiger charge is -2.33. The van der Waals surface area contributed by atoms with Gasteiger partial charge in [0.1, 0.15) is 42.7 Å². The number of nitrogens with one attached hydrogen (secondary N) is 1. The summed E-state index contributed by atoms with van der Waals surface area (Å²) in [5, 5.41) is 100. The highest BCUT2D eigenvalue weighted by Crippen LogP contribution is 2.11. The van der Waals surface area contributed by atoms with Crippen LogP contribution in [0.5, 0.6) is 0 Å². The van der Waals surface area contributed by atoms with Crippen molar-refractivity contribution >= 4 is 5.97 Å². The number of carbonyl (C=O) groups is 1. The highest BCUT2D eigenvalue weighted by molar-refractivity contribution is 5.75. The fraction of sp³-hybridized carbons (Fsp3) is 0.952. The van der Waals surface area contributed by atoms with Crippen molar-refractivity contribution in [2.75, 3.05) is 46.5 Å². The van der Waals surface area contributed by atoms with Crippen LogP contribution in [0.15, 0.2) is 0 Å². The van der Waals surface area contributed by atoms with Crippen molar-refractivity contribution in [2.24, 2.45) is 0 Å². The zero-order valence-corrected chi connectivity index (χ0v) is 20.3. The Bertz CT molecular complexity index is 530. The van der Waals surface area contributed by atoms with Gasteiger partial charge in [0.05, 0.1) is 32.5 Å². The van der Waals surface area contributed by atoms with Crippen LogP contribution in [0, 0.1) is 0 Å². The molecule has 0 fully saturated rings. The number of hydrogen-bond acceptors (Lipinski definition) is 14. The second-order valence-corrected chi connectivity index (χ2v) is 8.53. The van der Waals surface area contributed by atoms with E-state index in [9.17, 15) is 45.6 Å². The number of methoxy groups -OCH3 is 1. The Labute approximate surface area is 205 Å². The zero-order valence-electron chi connectivity index (χ0n) is 20.3. The standard InChI is InChI=1S/C21H44N2O12/c1-3-5-12(21(34)35-2)22-6-4-7-23(8-13(26)17(30)19(32)15(28)10-24)9-14(27)18(31)20(33)16(29)11-25/h12-20,22,24-33H,3-11H2,1-2H3/t12-,13-,14-,15+,16+,17+,18+,19+,20+/m0/s1. The second-order valence-electron chi connectivity index (χ2n) is 8.53. The highest BCUT2D eigenvalue weighted by atomic mass is 16.5. The quantitative estimate of drug-likeness (QED) is 0.0534. The molecule has 0 aromatic rings. The lowest BCUT2D eigenvalue weighted by Crippen LogP contribution is -2.53. The molecule has 9 atom stereocenters. The Kier molecular flexibility index (Phi) is 17.7. The summed E-state index contributed by atoms with van der Waals surface area (Å²) in [7, 11) is 1.28. The third kappa shape index (κ3) is 12.2. The molecule has 0 rings (SSSR count). The summed E-state index contributed by atoms with van der Waals surface area (Å²) in [6.07, 6.45) is -12.5. The first-order valence-corrected chi connectivity index (χ1v) is 11.6. The topological polar surface area (TPSA) is 244 Å². The minimum absolute atomic E-state index is 0.151. The van der Waals surface area contributed by atoms with Crippen molar-refractivity contribution in [2.45, 2.75) is 81.1 Å².